The maximum Gasteiger partial charge on any atom is 0.305 e. The second-order valence-electron chi connectivity index (χ2n) is 8.77. The maximum atomic E-state index is 13.3. The van der Waals surface area contributed by atoms with E-state index >= 15 is 0 Å². The van der Waals surface area contributed by atoms with Gasteiger partial charge in [-0.25, -0.2) is 0 Å². The number of hydrogen-bond acceptors (Lipinski definition) is 5. The van der Waals surface area contributed by atoms with Gasteiger partial charge in [0.25, 0.3) is 0 Å². The van der Waals surface area contributed by atoms with Crippen molar-refractivity contribution < 1.29 is 29.1 Å². The Balaban J connectivity index is 2.00. The van der Waals surface area contributed by atoms with Crippen LogP contribution < -0.4 is 16.0 Å². The molecule has 2 heterocycles. The van der Waals surface area contributed by atoms with E-state index in [1.54, 1.807) is 13.1 Å². The number of carboxylic acid groups (broad SMARTS) is 1. The second-order valence-corrected chi connectivity index (χ2v) is 8.77. The van der Waals surface area contributed by atoms with Crippen LogP contribution in [0.3, 0.4) is 0 Å². The first kappa shape index (κ1) is 24.0. The minimum Gasteiger partial charge on any atom is -0.481 e. The van der Waals surface area contributed by atoms with Crippen LogP contribution in [-0.4, -0.2) is 57.2 Å². The van der Waals surface area contributed by atoms with E-state index in [-0.39, 0.29) is 18.6 Å². The lowest BCUT2D eigenvalue weighted by molar-refractivity contribution is -0.141. The van der Waals surface area contributed by atoms with Crippen molar-refractivity contribution in [2.24, 2.45) is 5.92 Å². The summed E-state index contributed by atoms with van der Waals surface area (Å²) in [6, 6.07) is 5.00. The van der Waals surface area contributed by atoms with E-state index in [1.165, 1.54) is 13.8 Å². The van der Waals surface area contributed by atoms with Crippen LogP contribution in [-0.2, 0) is 30.4 Å². The van der Waals surface area contributed by atoms with Gasteiger partial charge in [0.15, 0.2) is 5.78 Å². The number of carbonyl (C=O) groups is 5. The molecular formula is C23H28N4O6. The number of aromatic amines is 1. The fourth-order valence-electron chi connectivity index (χ4n) is 4.05. The molecule has 10 heteroatoms. The number of nitrogens with one attached hydrogen (secondary N) is 4. The standard InChI is InChI=1S/C23H28N4O6/c1-12-10-23(3,13(2)28)27-22(33)17(8-14-11-24-16-7-5-4-6-15(14)16)26-21(32)18(9-19(29)30)25-20(12)31/h4-7,11-12,17-18,24H,8-10H2,1-3H3,(H,25,31)(H,26,32)(H,27,33)(H,29,30). The first-order valence-corrected chi connectivity index (χ1v) is 10.7. The average Bonchev–Trinajstić information content (AvgIpc) is 3.14. The van der Waals surface area contributed by atoms with E-state index in [1.807, 2.05) is 24.3 Å². The van der Waals surface area contributed by atoms with Gasteiger partial charge in [-0.1, -0.05) is 25.1 Å². The molecular weight excluding hydrogens is 428 g/mol. The molecule has 1 saturated heterocycles. The Morgan fingerprint density at radius 2 is 1.73 bits per heavy atom. The smallest absolute Gasteiger partial charge is 0.305 e. The minimum atomic E-state index is -1.36. The number of ketones is 1. The molecule has 1 aromatic carbocycles. The molecule has 1 aliphatic rings. The van der Waals surface area contributed by atoms with E-state index in [9.17, 15) is 29.1 Å². The highest BCUT2D eigenvalue weighted by atomic mass is 16.4. The Labute approximate surface area is 190 Å². The van der Waals surface area contributed by atoms with Crippen LogP contribution in [0.15, 0.2) is 30.5 Å². The molecule has 0 saturated carbocycles. The number of carbonyl (C=O) groups excluding carboxylic acids is 4. The van der Waals surface area contributed by atoms with Crippen LogP contribution in [0.1, 0.15) is 39.2 Å². The molecule has 33 heavy (non-hydrogen) atoms. The molecule has 3 rings (SSSR count). The van der Waals surface area contributed by atoms with Crippen molar-refractivity contribution in [2.45, 2.75) is 57.7 Å². The second kappa shape index (κ2) is 9.43. The Morgan fingerprint density at radius 3 is 2.39 bits per heavy atom. The molecule has 0 spiro atoms. The number of aromatic nitrogens is 1. The van der Waals surface area contributed by atoms with Crippen molar-refractivity contribution in [3.8, 4) is 0 Å². The third kappa shape index (κ3) is 5.39. The number of H-pyrrole nitrogens is 1. The number of fused-ring (bicyclic) bond motifs is 1. The maximum absolute atomic E-state index is 13.3. The molecule has 1 aromatic heterocycles. The van der Waals surface area contributed by atoms with Crippen molar-refractivity contribution >= 4 is 40.4 Å². The minimum absolute atomic E-state index is 0.00626. The number of benzene rings is 1. The summed E-state index contributed by atoms with van der Waals surface area (Å²) in [5.74, 6) is -4.33. The summed E-state index contributed by atoms with van der Waals surface area (Å²) in [7, 11) is 0. The van der Waals surface area contributed by atoms with E-state index in [0.717, 1.165) is 16.5 Å². The zero-order valence-electron chi connectivity index (χ0n) is 18.7. The highest BCUT2D eigenvalue weighted by Gasteiger charge is 2.40. The molecule has 176 valence electrons. The van der Waals surface area contributed by atoms with Gasteiger partial charge in [0.05, 0.1) is 12.0 Å². The van der Waals surface area contributed by atoms with Crippen molar-refractivity contribution in [3.05, 3.63) is 36.0 Å². The van der Waals surface area contributed by atoms with E-state index in [4.69, 9.17) is 0 Å². The SMILES string of the molecule is CC(=O)C1(C)CC(C)C(=O)NC(CC(=O)O)C(=O)NC(Cc2c[nH]c3ccccc23)C(=O)N1. The molecule has 1 aliphatic heterocycles. The number of rotatable bonds is 5. The molecule has 0 bridgehead atoms. The van der Waals surface area contributed by atoms with Crippen molar-refractivity contribution in [3.63, 3.8) is 0 Å². The van der Waals surface area contributed by atoms with Gasteiger partial charge in [-0.05, 0) is 31.9 Å². The van der Waals surface area contributed by atoms with Crippen molar-refractivity contribution in [1.29, 1.82) is 0 Å². The predicted octanol–water partition coefficient (Wildman–Crippen LogP) is 0.658. The third-order valence-corrected chi connectivity index (χ3v) is 6.08. The number of hydrogen-bond donors (Lipinski definition) is 5. The van der Waals surface area contributed by atoms with Gasteiger partial charge in [0.1, 0.15) is 12.1 Å². The average molecular weight is 456 g/mol. The number of aliphatic carboxylic acids is 1. The Bertz CT molecular complexity index is 1110. The summed E-state index contributed by atoms with van der Waals surface area (Å²) in [6.07, 6.45) is 1.18. The Hall–Kier alpha value is -3.69. The van der Waals surface area contributed by atoms with Crippen LogP contribution in [0.5, 0.6) is 0 Å². The Kier molecular flexibility index (Phi) is 6.85. The van der Waals surface area contributed by atoms with Gasteiger partial charge < -0.3 is 26.0 Å². The fourth-order valence-corrected chi connectivity index (χ4v) is 4.05. The lowest BCUT2D eigenvalue weighted by Crippen LogP contribution is -2.59. The Morgan fingerprint density at radius 1 is 1.06 bits per heavy atom. The third-order valence-electron chi connectivity index (χ3n) is 6.08. The lowest BCUT2D eigenvalue weighted by Gasteiger charge is -2.31. The highest BCUT2D eigenvalue weighted by molar-refractivity contribution is 5.98. The molecule has 10 nitrogen and oxygen atoms in total. The molecule has 4 atom stereocenters. The molecule has 3 amide bonds. The number of amides is 3. The van der Waals surface area contributed by atoms with Crippen LogP contribution in [0.4, 0.5) is 0 Å². The molecule has 1 fully saturated rings. The number of carboxylic acids is 1. The van der Waals surface area contributed by atoms with E-state index in [2.05, 4.69) is 20.9 Å². The van der Waals surface area contributed by atoms with Crippen LogP contribution >= 0.6 is 0 Å². The monoisotopic (exact) mass is 456 g/mol. The summed E-state index contributed by atoms with van der Waals surface area (Å²) in [4.78, 5) is 65.7. The van der Waals surface area contributed by atoms with Gasteiger partial charge in [-0.3, -0.25) is 24.0 Å². The van der Waals surface area contributed by atoms with Gasteiger partial charge in [-0.15, -0.1) is 0 Å². The van der Waals surface area contributed by atoms with E-state index < -0.39 is 53.7 Å². The molecule has 2 aromatic rings. The number of para-hydroxylation sites is 1. The summed E-state index contributed by atoms with van der Waals surface area (Å²) in [5.41, 5.74) is 0.274. The fraction of sp³-hybridized carbons (Fsp3) is 0.435. The predicted molar refractivity (Wildman–Crippen MR) is 119 cm³/mol. The molecule has 0 radical (unpaired) electrons. The molecule has 5 N–H and O–H groups in total. The number of Topliss-reactive ketones (excluding diaryl/α,β-unsaturated/α-hetero) is 1. The highest BCUT2D eigenvalue weighted by Crippen LogP contribution is 2.22. The van der Waals surface area contributed by atoms with Crippen LogP contribution in [0, 0.1) is 5.92 Å². The van der Waals surface area contributed by atoms with Gasteiger partial charge >= 0.3 is 5.97 Å². The van der Waals surface area contributed by atoms with Gasteiger partial charge in [0.2, 0.25) is 17.7 Å². The summed E-state index contributed by atoms with van der Waals surface area (Å²) in [5, 5.41) is 17.8. The summed E-state index contributed by atoms with van der Waals surface area (Å²) in [6.45, 7) is 4.42. The lowest BCUT2D eigenvalue weighted by atomic mass is 9.85. The normalized spacial score (nSPS) is 26.6. The van der Waals surface area contributed by atoms with Crippen LogP contribution in [0.2, 0.25) is 0 Å². The topological polar surface area (TPSA) is 157 Å². The summed E-state index contributed by atoms with van der Waals surface area (Å²) >= 11 is 0. The van der Waals surface area contributed by atoms with E-state index in [0.29, 0.717) is 0 Å². The quantitative estimate of drug-likeness (QED) is 0.445. The zero-order valence-corrected chi connectivity index (χ0v) is 18.7. The van der Waals surface area contributed by atoms with Crippen LogP contribution in [0.25, 0.3) is 10.9 Å². The zero-order chi connectivity index (χ0) is 24.3. The van der Waals surface area contributed by atoms with Gasteiger partial charge in [0, 0.05) is 29.4 Å². The van der Waals surface area contributed by atoms with Crippen molar-refractivity contribution in [2.75, 3.05) is 0 Å². The first-order valence-electron chi connectivity index (χ1n) is 10.7. The largest absolute Gasteiger partial charge is 0.481 e. The van der Waals surface area contributed by atoms with Crippen molar-refractivity contribution in [1.82, 2.24) is 20.9 Å². The van der Waals surface area contributed by atoms with Gasteiger partial charge in [-0.2, -0.15) is 0 Å². The summed E-state index contributed by atoms with van der Waals surface area (Å²) < 4.78 is 0. The first-order chi connectivity index (χ1) is 15.5. The molecule has 4 unspecified atom stereocenters. The molecule has 0 aliphatic carbocycles.